The van der Waals surface area contributed by atoms with Gasteiger partial charge in [0, 0.05) is 13.0 Å². The Morgan fingerprint density at radius 1 is 0.897 bits per heavy atom. The third-order valence-electron chi connectivity index (χ3n) is 4.09. The van der Waals surface area contributed by atoms with Crippen molar-refractivity contribution >= 4 is 12.1 Å². The molecule has 0 saturated carbocycles. The van der Waals surface area contributed by atoms with E-state index in [4.69, 9.17) is 20.1 Å². The third-order valence-corrected chi connectivity index (χ3v) is 4.09. The first-order chi connectivity index (χ1) is 13.6. The predicted octanol–water partition coefficient (Wildman–Crippen LogP) is 4.64. The Bertz CT molecular complexity index is 395. The largest absolute Gasteiger partial charge is 0.481 e. The lowest BCUT2D eigenvalue weighted by atomic mass is 10.1. The molecule has 0 heterocycles. The summed E-state index contributed by atoms with van der Waals surface area (Å²) in [6.45, 7) is 7.09. The van der Waals surface area contributed by atoms with Crippen LogP contribution < -0.4 is 5.32 Å². The van der Waals surface area contributed by atoms with Crippen molar-refractivity contribution in [2.45, 2.75) is 116 Å². The minimum absolute atomic E-state index is 0.00852. The van der Waals surface area contributed by atoms with Gasteiger partial charge in [0.25, 0.3) is 0 Å². The number of rotatable bonds is 15. The van der Waals surface area contributed by atoms with Gasteiger partial charge in [-0.05, 0) is 27.2 Å². The zero-order valence-corrected chi connectivity index (χ0v) is 19.0. The van der Waals surface area contributed by atoms with Gasteiger partial charge in [-0.2, -0.15) is 0 Å². The fraction of sp³-hybridized carbons (Fsp3) is 0.909. The molecule has 1 amide bonds. The van der Waals surface area contributed by atoms with Crippen molar-refractivity contribution in [1.29, 1.82) is 0 Å². The number of ether oxygens (including phenoxy) is 1. The summed E-state index contributed by atoms with van der Waals surface area (Å²) in [5.41, 5.74) is -0.547. The van der Waals surface area contributed by atoms with E-state index in [2.05, 4.69) is 12.2 Å². The molecule has 0 aromatic heterocycles. The van der Waals surface area contributed by atoms with Crippen molar-refractivity contribution in [3.8, 4) is 0 Å². The first-order valence-corrected chi connectivity index (χ1v) is 11.1. The molecule has 0 unspecified atom stereocenters. The number of hydrogen-bond donors (Lipinski definition) is 4. The maximum absolute atomic E-state index is 11.0. The van der Waals surface area contributed by atoms with Crippen LogP contribution in [0.15, 0.2) is 0 Å². The lowest BCUT2D eigenvalue weighted by Gasteiger charge is -2.20. The van der Waals surface area contributed by atoms with Crippen molar-refractivity contribution < 1.29 is 29.6 Å². The van der Waals surface area contributed by atoms with Gasteiger partial charge in [-0.3, -0.25) is 4.79 Å². The van der Waals surface area contributed by atoms with E-state index < -0.39 is 23.8 Å². The molecule has 0 aliphatic carbocycles. The van der Waals surface area contributed by atoms with Gasteiger partial charge in [-0.25, -0.2) is 4.79 Å². The smallest absolute Gasteiger partial charge is 0.407 e. The molecule has 0 aliphatic rings. The lowest BCUT2D eigenvalue weighted by Crippen LogP contribution is -2.37. The minimum Gasteiger partial charge on any atom is -0.481 e. The molecule has 0 bridgehead atoms. The highest BCUT2D eigenvalue weighted by atomic mass is 16.6. The monoisotopic (exact) mass is 419 g/mol. The van der Waals surface area contributed by atoms with Crippen LogP contribution in [0.5, 0.6) is 0 Å². The first kappa shape index (κ1) is 29.9. The molecule has 0 spiro atoms. The Morgan fingerprint density at radius 3 is 1.72 bits per heavy atom. The molecule has 0 rings (SSSR count). The number of aliphatic carboxylic acids is 1. The zero-order valence-electron chi connectivity index (χ0n) is 19.0. The molecule has 29 heavy (non-hydrogen) atoms. The van der Waals surface area contributed by atoms with Gasteiger partial charge in [0.2, 0.25) is 0 Å². The number of carboxylic acids is 1. The fourth-order valence-corrected chi connectivity index (χ4v) is 2.52. The number of hydrogen-bond acceptors (Lipinski definition) is 5. The van der Waals surface area contributed by atoms with E-state index in [1.165, 1.54) is 57.8 Å². The van der Waals surface area contributed by atoms with Crippen LogP contribution in [0.3, 0.4) is 0 Å². The fourth-order valence-electron chi connectivity index (χ4n) is 2.52. The molecule has 0 radical (unpaired) electrons. The number of nitrogens with one attached hydrogen (secondary N) is 1. The summed E-state index contributed by atoms with van der Waals surface area (Å²) in [5.74, 6) is -0.657. The Kier molecular flexibility index (Phi) is 20.5. The van der Waals surface area contributed by atoms with Crippen molar-refractivity contribution in [3.05, 3.63) is 0 Å². The second kappa shape index (κ2) is 20.0. The Hall–Kier alpha value is -1.34. The summed E-state index contributed by atoms with van der Waals surface area (Å²) in [6, 6.07) is 0. The highest BCUT2D eigenvalue weighted by molar-refractivity contribution is 5.67. The van der Waals surface area contributed by atoms with E-state index >= 15 is 0 Å². The third kappa shape index (κ3) is 29.0. The summed E-state index contributed by atoms with van der Waals surface area (Å²) in [4.78, 5) is 21.2. The van der Waals surface area contributed by atoms with E-state index in [1.807, 2.05) is 0 Å². The van der Waals surface area contributed by atoms with Gasteiger partial charge < -0.3 is 25.4 Å². The quantitative estimate of drug-likeness (QED) is 0.287. The number of carbonyl (C=O) groups is 2. The van der Waals surface area contributed by atoms with Crippen LogP contribution in [0.2, 0.25) is 0 Å². The zero-order chi connectivity index (χ0) is 22.5. The van der Waals surface area contributed by atoms with Crippen LogP contribution in [-0.4, -0.2) is 52.2 Å². The van der Waals surface area contributed by atoms with E-state index in [0.717, 1.165) is 12.8 Å². The number of amides is 1. The maximum atomic E-state index is 11.0. The molecule has 0 aromatic rings. The number of aliphatic hydroxyl groups is 2. The summed E-state index contributed by atoms with van der Waals surface area (Å²) in [7, 11) is 0. The van der Waals surface area contributed by atoms with Gasteiger partial charge in [-0.1, -0.05) is 71.1 Å². The lowest BCUT2D eigenvalue weighted by molar-refractivity contribution is -0.137. The molecule has 0 aliphatic heterocycles. The van der Waals surface area contributed by atoms with Crippen LogP contribution >= 0.6 is 0 Å². The van der Waals surface area contributed by atoms with Gasteiger partial charge in [-0.15, -0.1) is 0 Å². The molecule has 0 saturated heterocycles. The normalized spacial score (nSPS) is 11.9. The summed E-state index contributed by atoms with van der Waals surface area (Å²) in [5, 5.41) is 28.1. The number of aliphatic hydroxyl groups excluding tert-OH is 2. The molecule has 0 fully saturated rings. The minimum atomic E-state index is -0.937. The molecule has 1 atom stereocenters. The standard InChI is InChI=1S/C14H28O2.C8H17NO4/c1-2-3-4-5-6-7-8-9-10-11-12-13-14(15)16;1-8(2,3)13-7(12)9-4-6(11)5-10/h2-13H2,1H3,(H,15,16);6,10-11H,4-5H2,1-3H3,(H,9,12)/t;6-/m.1/s1. The first-order valence-electron chi connectivity index (χ1n) is 11.1. The number of alkyl carbamates (subject to hydrolysis) is 1. The summed E-state index contributed by atoms with van der Waals surface area (Å²) in [6.07, 6.45) is 12.8. The number of carboxylic acid groups (broad SMARTS) is 1. The molecule has 4 N–H and O–H groups in total. The highest BCUT2D eigenvalue weighted by Crippen LogP contribution is 2.11. The molecular weight excluding hydrogens is 374 g/mol. The number of carbonyl (C=O) groups excluding carboxylic acids is 1. The van der Waals surface area contributed by atoms with Crippen LogP contribution in [0.25, 0.3) is 0 Å². The van der Waals surface area contributed by atoms with Gasteiger partial charge in [0.05, 0.1) is 12.7 Å². The average Bonchev–Trinajstić information content (AvgIpc) is 2.63. The topological polar surface area (TPSA) is 116 Å². The van der Waals surface area contributed by atoms with E-state index in [1.54, 1.807) is 20.8 Å². The second-order valence-corrected chi connectivity index (χ2v) is 8.40. The Balaban J connectivity index is 0. The molecule has 174 valence electrons. The molecule has 7 nitrogen and oxygen atoms in total. The molecule has 7 heteroatoms. The molecular formula is C22H45NO6. The van der Waals surface area contributed by atoms with E-state index in [-0.39, 0.29) is 13.2 Å². The summed E-state index contributed by atoms with van der Waals surface area (Å²) < 4.78 is 4.89. The highest BCUT2D eigenvalue weighted by Gasteiger charge is 2.16. The van der Waals surface area contributed by atoms with Crippen LogP contribution in [0, 0.1) is 0 Å². The van der Waals surface area contributed by atoms with Gasteiger partial charge in [0.15, 0.2) is 0 Å². The SMILES string of the molecule is CC(C)(C)OC(=O)NC[C@@H](O)CO.CCCCCCCCCCCCCC(=O)O. The van der Waals surface area contributed by atoms with Crippen LogP contribution in [-0.2, 0) is 9.53 Å². The second-order valence-electron chi connectivity index (χ2n) is 8.40. The van der Waals surface area contributed by atoms with Crippen molar-refractivity contribution in [2.75, 3.05) is 13.2 Å². The van der Waals surface area contributed by atoms with Crippen LogP contribution in [0.4, 0.5) is 4.79 Å². The van der Waals surface area contributed by atoms with Gasteiger partial charge >= 0.3 is 12.1 Å². The molecule has 0 aromatic carbocycles. The van der Waals surface area contributed by atoms with Crippen molar-refractivity contribution in [2.24, 2.45) is 0 Å². The Labute approximate surface area is 177 Å². The summed E-state index contributed by atoms with van der Waals surface area (Å²) >= 11 is 0. The maximum Gasteiger partial charge on any atom is 0.407 e. The van der Waals surface area contributed by atoms with Crippen LogP contribution in [0.1, 0.15) is 105 Å². The van der Waals surface area contributed by atoms with E-state index in [0.29, 0.717) is 6.42 Å². The average molecular weight is 420 g/mol. The van der Waals surface area contributed by atoms with Gasteiger partial charge in [0.1, 0.15) is 5.60 Å². The van der Waals surface area contributed by atoms with E-state index in [9.17, 15) is 9.59 Å². The van der Waals surface area contributed by atoms with Crippen molar-refractivity contribution in [3.63, 3.8) is 0 Å². The number of unbranched alkanes of at least 4 members (excludes halogenated alkanes) is 10. The Morgan fingerprint density at radius 2 is 1.34 bits per heavy atom. The van der Waals surface area contributed by atoms with Crippen molar-refractivity contribution in [1.82, 2.24) is 5.32 Å². The predicted molar refractivity (Wildman–Crippen MR) is 116 cm³/mol.